The van der Waals surface area contributed by atoms with E-state index >= 15 is 0 Å². The number of nitrogens with one attached hydrogen (secondary N) is 2. The monoisotopic (exact) mass is 712 g/mol. The van der Waals surface area contributed by atoms with Crippen LogP contribution in [0.4, 0.5) is 17.1 Å². The van der Waals surface area contributed by atoms with Gasteiger partial charge in [-0.05, 0) is 79.5 Å². The normalized spacial score (nSPS) is 26.0. The van der Waals surface area contributed by atoms with Crippen LogP contribution in [0, 0.1) is 46.6 Å². The molecule has 2 saturated carbocycles. The molecule has 14 heteroatoms. The van der Waals surface area contributed by atoms with E-state index in [0.717, 1.165) is 32.4 Å². The number of benzene rings is 3. The second-order valence-electron chi connectivity index (χ2n) is 13.0. The van der Waals surface area contributed by atoms with Gasteiger partial charge in [0.25, 0.3) is 11.6 Å². The summed E-state index contributed by atoms with van der Waals surface area (Å²) in [4.78, 5) is 69.1. The van der Waals surface area contributed by atoms with Crippen molar-refractivity contribution in [1.82, 2.24) is 4.98 Å². The lowest BCUT2D eigenvalue weighted by Crippen LogP contribution is -2.42. The Kier molecular flexibility index (Phi) is 8.02. The van der Waals surface area contributed by atoms with Crippen LogP contribution in [0.3, 0.4) is 0 Å². The zero-order chi connectivity index (χ0) is 34.8. The summed E-state index contributed by atoms with van der Waals surface area (Å²) in [7, 11) is 0. The number of non-ortho nitro benzene ring substituents is 1. The van der Waals surface area contributed by atoms with Gasteiger partial charge in [-0.3, -0.25) is 34.2 Å². The summed E-state index contributed by atoms with van der Waals surface area (Å²) in [5.41, 5.74) is 2.75. The maximum Gasteiger partial charge on any atom is 0.305 e. The highest BCUT2D eigenvalue weighted by atomic mass is 32.2. The molecule has 4 aliphatic rings. The molecular formula is C36H32N4O8S2. The van der Waals surface area contributed by atoms with E-state index < -0.39 is 16.8 Å². The van der Waals surface area contributed by atoms with E-state index in [-0.39, 0.29) is 63.8 Å². The average Bonchev–Trinajstić information content (AvgIpc) is 3.84. The van der Waals surface area contributed by atoms with Crippen LogP contribution in [-0.2, 0) is 14.4 Å². The number of aromatic nitrogens is 1. The highest BCUT2D eigenvalue weighted by molar-refractivity contribution is 8.00. The lowest BCUT2D eigenvalue weighted by Gasteiger charge is -2.43. The van der Waals surface area contributed by atoms with Gasteiger partial charge in [0.05, 0.1) is 34.1 Å². The summed E-state index contributed by atoms with van der Waals surface area (Å²) in [6.45, 7) is 3.90. The molecule has 8 rings (SSSR count). The molecule has 1 aromatic heterocycles. The van der Waals surface area contributed by atoms with Crippen molar-refractivity contribution in [1.29, 1.82) is 0 Å². The first-order valence-electron chi connectivity index (χ1n) is 16.4. The fourth-order valence-corrected chi connectivity index (χ4v) is 11.4. The number of carbonyl (C=O) groups excluding carboxylic acids is 3. The number of H-pyrrole nitrogens is 1. The lowest BCUT2D eigenvalue weighted by atomic mass is 9.68. The van der Waals surface area contributed by atoms with Gasteiger partial charge in [0.15, 0.2) is 18.1 Å². The molecule has 4 unspecified atom stereocenters. The van der Waals surface area contributed by atoms with Crippen LogP contribution in [-0.4, -0.2) is 46.1 Å². The number of ether oxygens (including phenoxy) is 2. The number of hydrogen-bond donors (Lipinski definition) is 2. The average molecular weight is 713 g/mol. The highest BCUT2D eigenvalue weighted by Gasteiger charge is 2.69. The number of thioether (sulfide) groups is 1. The first-order valence-corrected chi connectivity index (χ1v) is 18.1. The number of rotatable bonds is 9. The van der Waals surface area contributed by atoms with E-state index in [0.29, 0.717) is 35.9 Å². The molecular weight excluding hydrogens is 681 g/mol. The minimum absolute atomic E-state index is 0.0193. The van der Waals surface area contributed by atoms with Gasteiger partial charge >= 0.3 is 4.87 Å². The molecule has 1 saturated heterocycles. The molecule has 4 aromatic rings. The van der Waals surface area contributed by atoms with Crippen LogP contribution >= 0.6 is 23.1 Å². The molecule has 3 heterocycles. The highest BCUT2D eigenvalue weighted by Crippen LogP contribution is 2.68. The van der Waals surface area contributed by atoms with E-state index in [1.807, 2.05) is 50.2 Å². The second-order valence-corrected chi connectivity index (χ2v) is 15.2. The van der Waals surface area contributed by atoms with Crippen LogP contribution < -0.4 is 24.6 Å². The quantitative estimate of drug-likeness (QED) is 0.125. The number of amides is 3. The van der Waals surface area contributed by atoms with Gasteiger partial charge in [0, 0.05) is 33.9 Å². The van der Waals surface area contributed by atoms with Gasteiger partial charge in [-0.15, -0.1) is 11.8 Å². The van der Waals surface area contributed by atoms with E-state index in [1.54, 1.807) is 17.8 Å². The fourth-order valence-electron chi connectivity index (χ4n) is 8.52. The predicted octanol–water partition coefficient (Wildman–Crippen LogP) is 5.75. The molecule has 2 aliphatic carbocycles. The van der Waals surface area contributed by atoms with Crippen molar-refractivity contribution in [2.24, 2.45) is 29.6 Å². The van der Waals surface area contributed by atoms with Gasteiger partial charge in [-0.25, -0.2) is 0 Å². The number of nitro groups is 1. The van der Waals surface area contributed by atoms with Crippen molar-refractivity contribution in [3.05, 3.63) is 103 Å². The number of imide groups is 1. The molecule has 50 heavy (non-hydrogen) atoms. The summed E-state index contributed by atoms with van der Waals surface area (Å²) in [6, 6.07) is 18.6. The van der Waals surface area contributed by atoms with E-state index in [2.05, 4.69) is 10.3 Å². The molecule has 2 aliphatic heterocycles. The Morgan fingerprint density at radius 1 is 1.00 bits per heavy atom. The Labute approximate surface area is 294 Å². The second kappa shape index (κ2) is 12.4. The zero-order valence-corrected chi connectivity index (χ0v) is 28.6. The number of nitrogens with zero attached hydrogens (tertiary/aromatic N) is 2. The third-order valence-corrected chi connectivity index (χ3v) is 13.0. The number of aromatic amines is 1. The molecule has 3 fully saturated rings. The molecule has 2 bridgehead atoms. The van der Waals surface area contributed by atoms with E-state index in [1.165, 1.54) is 29.2 Å². The largest absolute Gasteiger partial charge is 0.490 e. The van der Waals surface area contributed by atoms with E-state index in [9.17, 15) is 29.3 Å². The Balaban J connectivity index is 1.10. The maximum absolute atomic E-state index is 14.1. The Morgan fingerprint density at radius 2 is 1.74 bits per heavy atom. The van der Waals surface area contributed by atoms with Crippen molar-refractivity contribution < 1.29 is 28.8 Å². The number of carbonyl (C=O) groups is 3. The van der Waals surface area contributed by atoms with Crippen molar-refractivity contribution in [3.63, 3.8) is 0 Å². The SMILES string of the molecule is CCOc1cc([C@H]2c3sc(=O)[nH]c3SC3C2[C@H]2C[C@@H]3C3C(=O)N(c4ccc([N+](=O)[O-])cc4)C(=O)C32)ccc1OCC(=O)Nc1ccccc1C. The first kappa shape index (κ1) is 32.3. The number of para-hydroxylation sites is 1. The molecule has 3 amide bonds. The topological polar surface area (TPSA) is 161 Å². The van der Waals surface area contributed by atoms with Crippen molar-refractivity contribution in [2.75, 3.05) is 23.4 Å². The first-order chi connectivity index (χ1) is 24.1. The number of thiazole rings is 1. The Morgan fingerprint density at radius 3 is 2.46 bits per heavy atom. The minimum Gasteiger partial charge on any atom is -0.490 e. The Hall–Kier alpha value is -4.95. The summed E-state index contributed by atoms with van der Waals surface area (Å²) in [6.07, 6.45) is 0.717. The zero-order valence-electron chi connectivity index (χ0n) is 27.0. The lowest BCUT2D eigenvalue weighted by molar-refractivity contribution is -0.384. The molecule has 3 aromatic carbocycles. The van der Waals surface area contributed by atoms with Gasteiger partial charge in [0.2, 0.25) is 11.8 Å². The van der Waals surface area contributed by atoms with Crippen LogP contribution in [0.15, 0.2) is 76.6 Å². The molecule has 2 N–H and O–H groups in total. The number of nitro benzene ring substituents is 1. The summed E-state index contributed by atoms with van der Waals surface area (Å²) < 4.78 is 12.0. The van der Waals surface area contributed by atoms with Crippen molar-refractivity contribution >= 4 is 57.9 Å². The fraction of sp³-hybridized carbons (Fsp3) is 0.333. The van der Waals surface area contributed by atoms with Crippen LogP contribution in [0.5, 0.6) is 11.5 Å². The third kappa shape index (κ3) is 5.19. The molecule has 0 spiro atoms. The standard InChI is InChI=1S/C36H32N4O8S2/c1-3-47-25-14-18(8-13-24(25)48-16-26(41)37-23-7-5-4-6-17(23)2)27-28-21-15-22(31(28)49-33-32(27)50-36(44)38-33)30-29(21)34(42)39(35(30)43)19-9-11-20(12-10-19)40(45)46/h4-14,21-22,27-31H,3,15-16H2,1-2H3,(H,37,41)(H,38,44)/t21-,22-,27-,28?,29?,30?,31?/m1/s1. The Bertz CT molecular complexity index is 2110. The van der Waals surface area contributed by atoms with E-state index in [4.69, 9.17) is 9.47 Å². The third-order valence-electron chi connectivity index (χ3n) is 10.4. The number of anilines is 2. The number of aryl methyl sites for hydroxylation is 1. The molecule has 256 valence electrons. The van der Waals surface area contributed by atoms with Crippen LogP contribution in [0.1, 0.15) is 35.3 Å². The number of fused-ring (bicyclic) bond motifs is 9. The van der Waals surface area contributed by atoms with Crippen molar-refractivity contribution in [2.45, 2.75) is 36.5 Å². The number of hydrogen-bond acceptors (Lipinski definition) is 10. The molecule has 0 radical (unpaired) electrons. The van der Waals surface area contributed by atoms with Gasteiger partial charge < -0.3 is 19.8 Å². The van der Waals surface area contributed by atoms with Gasteiger partial charge in [-0.2, -0.15) is 0 Å². The smallest absolute Gasteiger partial charge is 0.305 e. The minimum atomic E-state index is -0.523. The summed E-state index contributed by atoms with van der Waals surface area (Å²) in [5, 5.41) is 14.8. The summed E-state index contributed by atoms with van der Waals surface area (Å²) in [5.74, 6) is -1.50. The van der Waals surface area contributed by atoms with Gasteiger partial charge in [0.1, 0.15) is 0 Å². The predicted molar refractivity (Wildman–Crippen MR) is 187 cm³/mol. The van der Waals surface area contributed by atoms with Gasteiger partial charge in [-0.1, -0.05) is 35.6 Å². The van der Waals surface area contributed by atoms with Crippen LogP contribution in [0.25, 0.3) is 0 Å². The summed E-state index contributed by atoms with van der Waals surface area (Å²) >= 11 is 2.75. The van der Waals surface area contributed by atoms with Crippen molar-refractivity contribution in [3.8, 4) is 11.5 Å². The van der Waals surface area contributed by atoms with Crippen LogP contribution in [0.2, 0.25) is 0 Å². The molecule has 12 nitrogen and oxygen atoms in total. The molecule has 7 atom stereocenters. The maximum atomic E-state index is 14.1.